The third-order valence-electron chi connectivity index (χ3n) is 5.82. The first-order valence-corrected chi connectivity index (χ1v) is 9.27. The summed E-state index contributed by atoms with van der Waals surface area (Å²) in [5, 5.41) is 7.45. The van der Waals surface area contributed by atoms with Crippen molar-refractivity contribution in [2.45, 2.75) is 58.9 Å². The maximum atomic E-state index is 12.4. The quantitative estimate of drug-likeness (QED) is 0.911. The third-order valence-corrected chi connectivity index (χ3v) is 5.82. The Balaban J connectivity index is 1.54. The Kier molecular flexibility index (Phi) is 4.84. The van der Waals surface area contributed by atoms with E-state index in [1.807, 2.05) is 4.90 Å². The summed E-state index contributed by atoms with van der Waals surface area (Å²) < 4.78 is 10.8. The molecule has 0 spiro atoms. The average Bonchev–Trinajstić information content (AvgIpc) is 3.03. The summed E-state index contributed by atoms with van der Waals surface area (Å²) in [6.45, 7) is 13.5. The summed E-state index contributed by atoms with van der Waals surface area (Å²) in [6.07, 6.45) is 1.89. The molecule has 25 heavy (non-hydrogen) atoms. The molecule has 0 radical (unpaired) electrons. The number of ether oxygens (including phenoxy) is 1. The standard InChI is InChI=1S/C19H31N3O3/c1-18(2,3)16-12-14(21-25-16)10-13-11-15(19(13,4)5)20-17(23)22-6-8-24-9-7-22/h12-13,15H,6-11H2,1-5H3,(H,20,23). The number of morpholine rings is 1. The van der Waals surface area contributed by atoms with Crippen LogP contribution < -0.4 is 5.32 Å². The molecule has 1 saturated heterocycles. The van der Waals surface area contributed by atoms with Crippen LogP contribution in [-0.2, 0) is 16.6 Å². The van der Waals surface area contributed by atoms with Crippen LogP contribution in [0.4, 0.5) is 4.79 Å². The highest BCUT2D eigenvalue weighted by Crippen LogP contribution is 2.48. The predicted molar refractivity (Wildman–Crippen MR) is 95.5 cm³/mol. The van der Waals surface area contributed by atoms with Crippen LogP contribution >= 0.6 is 0 Å². The molecule has 1 saturated carbocycles. The molecule has 2 aliphatic rings. The molecule has 6 heteroatoms. The van der Waals surface area contributed by atoms with Crippen molar-refractivity contribution in [1.82, 2.24) is 15.4 Å². The molecule has 0 bridgehead atoms. The van der Waals surface area contributed by atoms with Gasteiger partial charge in [-0.15, -0.1) is 0 Å². The van der Waals surface area contributed by atoms with Gasteiger partial charge in [-0.05, 0) is 24.2 Å². The van der Waals surface area contributed by atoms with E-state index in [2.05, 4.69) is 51.2 Å². The normalized spacial score (nSPS) is 26.2. The Morgan fingerprint density at radius 3 is 2.60 bits per heavy atom. The molecule has 1 aromatic heterocycles. The van der Waals surface area contributed by atoms with Crippen molar-refractivity contribution in [3.8, 4) is 0 Å². The van der Waals surface area contributed by atoms with Gasteiger partial charge in [-0.1, -0.05) is 39.8 Å². The van der Waals surface area contributed by atoms with Gasteiger partial charge in [-0.25, -0.2) is 4.79 Å². The van der Waals surface area contributed by atoms with Crippen molar-refractivity contribution in [2.24, 2.45) is 11.3 Å². The highest BCUT2D eigenvalue weighted by molar-refractivity contribution is 5.74. The van der Waals surface area contributed by atoms with Crippen molar-refractivity contribution in [2.75, 3.05) is 26.3 Å². The number of carbonyl (C=O) groups excluding carboxylic acids is 1. The molecule has 2 amide bonds. The van der Waals surface area contributed by atoms with Crippen LogP contribution in [0, 0.1) is 11.3 Å². The number of hydrogen-bond acceptors (Lipinski definition) is 4. The molecule has 2 heterocycles. The molecule has 1 N–H and O–H groups in total. The Labute approximate surface area is 150 Å². The van der Waals surface area contributed by atoms with E-state index in [0.717, 1.165) is 24.3 Å². The van der Waals surface area contributed by atoms with Gasteiger partial charge in [0.25, 0.3) is 0 Å². The van der Waals surface area contributed by atoms with Crippen LogP contribution in [0.1, 0.15) is 52.5 Å². The van der Waals surface area contributed by atoms with E-state index in [1.165, 1.54) is 0 Å². The smallest absolute Gasteiger partial charge is 0.317 e. The molecule has 2 unspecified atom stereocenters. The zero-order chi connectivity index (χ0) is 18.2. The van der Waals surface area contributed by atoms with Crippen molar-refractivity contribution >= 4 is 6.03 Å². The van der Waals surface area contributed by atoms with Crippen molar-refractivity contribution in [3.63, 3.8) is 0 Å². The Hall–Kier alpha value is -1.56. The fourth-order valence-corrected chi connectivity index (χ4v) is 3.63. The van der Waals surface area contributed by atoms with E-state index in [1.54, 1.807) is 0 Å². The number of carbonyl (C=O) groups is 1. The van der Waals surface area contributed by atoms with E-state index in [-0.39, 0.29) is 22.9 Å². The zero-order valence-electron chi connectivity index (χ0n) is 16.1. The number of aromatic nitrogens is 1. The van der Waals surface area contributed by atoms with Crippen molar-refractivity contribution in [3.05, 3.63) is 17.5 Å². The number of nitrogens with zero attached hydrogens (tertiary/aromatic N) is 2. The van der Waals surface area contributed by atoms with Crippen molar-refractivity contribution < 1.29 is 14.1 Å². The van der Waals surface area contributed by atoms with E-state index < -0.39 is 0 Å². The molecule has 1 aliphatic heterocycles. The maximum absolute atomic E-state index is 12.4. The molecule has 2 fully saturated rings. The van der Waals surface area contributed by atoms with Crippen LogP contribution in [0.5, 0.6) is 0 Å². The summed E-state index contributed by atoms with van der Waals surface area (Å²) >= 11 is 0. The highest BCUT2D eigenvalue weighted by atomic mass is 16.5. The maximum Gasteiger partial charge on any atom is 0.317 e. The van der Waals surface area contributed by atoms with Crippen LogP contribution in [-0.4, -0.2) is 48.4 Å². The zero-order valence-corrected chi connectivity index (χ0v) is 16.1. The fraction of sp³-hybridized carbons (Fsp3) is 0.789. The van der Waals surface area contributed by atoms with Crippen LogP contribution in [0.15, 0.2) is 10.6 Å². The summed E-state index contributed by atoms with van der Waals surface area (Å²) in [5.41, 5.74) is 1.05. The first-order valence-electron chi connectivity index (χ1n) is 9.27. The lowest BCUT2D eigenvalue weighted by atomic mass is 9.57. The van der Waals surface area contributed by atoms with Crippen LogP contribution in [0.25, 0.3) is 0 Å². The second-order valence-electron chi connectivity index (χ2n) is 8.99. The molecule has 140 valence electrons. The lowest BCUT2D eigenvalue weighted by molar-refractivity contribution is 0.0101. The Morgan fingerprint density at radius 1 is 1.36 bits per heavy atom. The van der Waals surface area contributed by atoms with Gasteiger partial charge in [0.1, 0.15) is 5.76 Å². The second-order valence-corrected chi connectivity index (χ2v) is 8.99. The minimum absolute atomic E-state index is 0.0188. The number of amides is 2. The summed E-state index contributed by atoms with van der Waals surface area (Å²) in [7, 11) is 0. The third kappa shape index (κ3) is 3.84. The summed E-state index contributed by atoms with van der Waals surface area (Å²) in [5.74, 6) is 1.43. The van der Waals surface area contributed by atoms with Gasteiger partial charge in [0.05, 0.1) is 18.9 Å². The Bertz CT molecular complexity index is 612. The predicted octanol–water partition coefficient (Wildman–Crippen LogP) is 2.97. The molecular weight excluding hydrogens is 318 g/mol. The van der Waals surface area contributed by atoms with Crippen LogP contribution in [0.2, 0.25) is 0 Å². The van der Waals surface area contributed by atoms with Gasteiger partial charge in [0.15, 0.2) is 0 Å². The minimum atomic E-state index is -0.0188. The molecule has 0 aromatic carbocycles. The molecule has 1 aromatic rings. The molecule has 3 rings (SSSR count). The number of rotatable bonds is 3. The van der Waals surface area contributed by atoms with Crippen LogP contribution in [0.3, 0.4) is 0 Å². The lowest BCUT2D eigenvalue weighted by Gasteiger charge is -2.52. The fourth-order valence-electron chi connectivity index (χ4n) is 3.63. The van der Waals surface area contributed by atoms with Gasteiger partial charge >= 0.3 is 6.03 Å². The summed E-state index contributed by atoms with van der Waals surface area (Å²) in [6, 6.07) is 2.33. The van der Waals surface area contributed by atoms with E-state index in [0.29, 0.717) is 32.2 Å². The largest absolute Gasteiger partial charge is 0.378 e. The molecule has 2 atom stereocenters. The minimum Gasteiger partial charge on any atom is -0.378 e. The average molecular weight is 349 g/mol. The van der Waals surface area contributed by atoms with E-state index >= 15 is 0 Å². The molecular formula is C19H31N3O3. The SMILES string of the molecule is CC(C)(C)c1cc(CC2CC(NC(=O)N3CCOCC3)C2(C)C)no1. The number of nitrogens with one attached hydrogen (secondary N) is 1. The lowest BCUT2D eigenvalue weighted by Crippen LogP contribution is -2.61. The van der Waals surface area contributed by atoms with Gasteiger partial charge < -0.3 is 19.5 Å². The Morgan fingerprint density at radius 2 is 2.04 bits per heavy atom. The van der Waals surface area contributed by atoms with Gasteiger partial charge in [0, 0.05) is 30.6 Å². The van der Waals surface area contributed by atoms with E-state index in [4.69, 9.17) is 9.26 Å². The number of urea groups is 1. The highest BCUT2D eigenvalue weighted by Gasteiger charge is 2.49. The number of hydrogen-bond donors (Lipinski definition) is 1. The van der Waals surface area contributed by atoms with Gasteiger partial charge in [-0.3, -0.25) is 0 Å². The van der Waals surface area contributed by atoms with Gasteiger partial charge in [-0.2, -0.15) is 0 Å². The first-order chi connectivity index (χ1) is 11.7. The first kappa shape index (κ1) is 18.2. The van der Waals surface area contributed by atoms with Crippen molar-refractivity contribution in [1.29, 1.82) is 0 Å². The monoisotopic (exact) mass is 349 g/mol. The topological polar surface area (TPSA) is 67.6 Å². The molecule has 6 nitrogen and oxygen atoms in total. The molecule has 1 aliphatic carbocycles. The van der Waals surface area contributed by atoms with Gasteiger partial charge in [0.2, 0.25) is 0 Å². The summed E-state index contributed by atoms with van der Waals surface area (Å²) in [4.78, 5) is 14.2. The second kappa shape index (κ2) is 6.63. The van der Waals surface area contributed by atoms with E-state index in [9.17, 15) is 4.79 Å².